The Hall–Kier alpha value is -1.77. The van der Waals surface area contributed by atoms with Crippen molar-refractivity contribution in [1.29, 1.82) is 0 Å². The molecule has 2 rings (SSSR count). The number of carboxylic acid groups (broad SMARTS) is 1. The number of aromatic nitrogens is 1. The molecule has 68 valence electrons. The van der Waals surface area contributed by atoms with Crippen molar-refractivity contribution in [2.75, 3.05) is 0 Å². The van der Waals surface area contributed by atoms with E-state index in [4.69, 9.17) is 5.11 Å². The Morgan fingerprint density at radius 3 is 2.62 bits per heavy atom. The number of aromatic carboxylic acids is 1. The van der Waals surface area contributed by atoms with Crippen LogP contribution in [0.1, 0.15) is 17.9 Å². The Morgan fingerprint density at radius 2 is 2.00 bits per heavy atom. The Balaban J connectivity index is 0.000000845. The molecular formula is C10H11NO2. The van der Waals surface area contributed by atoms with Gasteiger partial charge in [0, 0.05) is 10.9 Å². The van der Waals surface area contributed by atoms with E-state index in [9.17, 15) is 4.79 Å². The molecule has 0 radical (unpaired) electrons. The van der Waals surface area contributed by atoms with Gasteiger partial charge in [0.25, 0.3) is 0 Å². The first-order chi connectivity index (χ1) is 5.77. The van der Waals surface area contributed by atoms with Crippen molar-refractivity contribution in [3.63, 3.8) is 0 Å². The molecule has 2 aromatic rings. The molecule has 0 aliphatic rings. The Labute approximate surface area is 76.0 Å². The average molecular weight is 177 g/mol. The van der Waals surface area contributed by atoms with Crippen LogP contribution >= 0.6 is 0 Å². The summed E-state index contributed by atoms with van der Waals surface area (Å²) in [7, 11) is 0. The third-order valence-corrected chi connectivity index (χ3v) is 1.76. The monoisotopic (exact) mass is 177 g/mol. The van der Waals surface area contributed by atoms with Crippen molar-refractivity contribution >= 4 is 16.9 Å². The van der Waals surface area contributed by atoms with Crippen LogP contribution in [0.3, 0.4) is 0 Å². The van der Waals surface area contributed by atoms with Gasteiger partial charge in [0.05, 0.1) is 0 Å². The summed E-state index contributed by atoms with van der Waals surface area (Å²) >= 11 is 0. The zero-order valence-electron chi connectivity index (χ0n) is 6.24. The number of H-pyrrole nitrogens is 1. The second-order valence-corrected chi connectivity index (χ2v) is 2.58. The molecule has 0 bridgehead atoms. The standard InChI is InChI=1S/C9H7NO2.CH4/c11-9(12)8-5-6-3-1-2-4-7(6)10-8;/h1-5,10H,(H,11,12);1H4. The van der Waals surface area contributed by atoms with E-state index in [2.05, 4.69) is 4.98 Å². The highest BCUT2D eigenvalue weighted by atomic mass is 16.4. The highest BCUT2D eigenvalue weighted by Gasteiger charge is 2.05. The second kappa shape index (κ2) is 3.31. The Morgan fingerprint density at radius 1 is 1.31 bits per heavy atom. The molecule has 0 spiro atoms. The van der Waals surface area contributed by atoms with Gasteiger partial charge in [-0.05, 0) is 12.1 Å². The lowest BCUT2D eigenvalue weighted by Gasteiger charge is -1.84. The third-order valence-electron chi connectivity index (χ3n) is 1.76. The quantitative estimate of drug-likeness (QED) is 0.703. The maximum Gasteiger partial charge on any atom is 0.352 e. The first kappa shape index (κ1) is 9.32. The molecular weight excluding hydrogens is 166 g/mol. The molecule has 0 aliphatic carbocycles. The smallest absolute Gasteiger partial charge is 0.352 e. The van der Waals surface area contributed by atoms with Crippen LogP contribution in [0.25, 0.3) is 10.9 Å². The maximum atomic E-state index is 10.5. The molecule has 0 saturated heterocycles. The number of fused-ring (bicyclic) bond motifs is 1. The second-order valence-electron chi connectivity index (χ2n) is 2.58. The summed E-state index contributed by atoms with van der Waals surface area (Å²) in [6.45, 7) is 0. The predicted molar refractivity (Wildman–Crippen MR) is 52.0 cm³/mol. The summed E-state index contributed by atoms with van der Waals surface area (Å²) in [5.74, 6) is -0.925. The van der Waals surface area contributed by atoms with Crippen LogP contribution in [-0.4, -0.2) is 16.1 Å². The van der Waals surface area contributed by atoms with E-state index in [1.807, 2.05) is 24.3 Å². The van der Waals surface area contributed by atoms with Crippen molar-refractivity contribution in [2.45, 2.75) is 7.43 Å². The minimum absolute atomic E-state index is 0. The normalized spacial score (nSPS) is 9.54. The van der Waals surface area contributed by atoms with Gasteiger partial charge in [0.1, 0.15) is 5.69 Å². The average Bonchev–Trinajstić information content (AvgIpc) is 2.46. The number of nitrogens with one attached hydrogen (secondary N) is 1. The van der Waals surface area contributed by atoms with Gasteiger partial charge in [-0.1, -0.05) is 25.6 Å². The SMILES string of the molecule is C.O=C(O)c1cc2ccccc2[nH]1. The fourth-order valence-corrected chi connectivity index (χ4v) is 1.19. The number of rotatable bonds is 1. The van der Waals surface area contributed by atoms with E-state index in [1.54, 1.807) is 6.07 Å². The number of carboxylic acids is 1. The number of hydrogen-bond donors (Lipinski definition) is 2. The van der Waals surface area contributed by atoms with Gasteiger partial charge in [-0.3, -0.25) is 0 Å². The molecule has 0 amide bonds. The van der Waals surface area contributed by atoms with Crippen molar-refractivity contribution < 1.29 is 9.90 Å². The summed E-state index contributed by atoms with van der Waals surface area (Å²) in [5.41, 5.74) is 1.09. The van der Waals surface area contributed by atoms with Crippen LogP contribution < -0.4 is 0 Å². The van der Waals surface area contributed by atoms with Crippen LogP contribution in [-0.2, 0) is 0 Å². The van der Waals surface area contributed by atoms with E-state index >= 15 is 0 Å². The number of hydrogen-bond acceptors (Lipinski definition) is 1. The third kappa shape index (κ3) is 1.54. The molecule has 3 nitrogen and oxygen atoms in total. The molecule has 0 unspecified atom stereocenters. The predicted octanol–water partition coefficient (Wildman–Crippen LogP) is 2.50. The van der Waals surface area contributed by atoms with Crippen molar-refractivity contribution in [3.8, 4) is 0 Å². The van der Waals surface area contributed by atoms with Gasteiger partial charge >= 0.3 is 5.97 Å². The first-order valence-electron chi connectivity index (χ1n) is 3.58. The molecule has 0 atom stereocenters. The molecule has 0 saturated carbocycles. The lowest BCUT2D eigenvalue weighted by atomic mass is 10.2. The summed E-state index contributed by atoms with van der Waals surface area (Å²) in [6.07, 6.45) is 0. The van der Waals surface area contributed by atoms with Crippen molar-refractivity contribution in [3.05, 3.63) is 36.0 Å². The van der Waals surface area contributed by atoms with Crippen molar-refractivity contribution in [1.82, 2.24) is 4.98 Å². The van der Waals surface area contributed by atoms with E-state index in [1.165, 1.54) is 0 Å². The van der Waals surface area contributed by atoms with E-state index in [-0.39, 0.29) is 13.1 Å². The summed E-state index contributed by atoms with van der Waals surface area (Å²) < 4.78 is 0. The fourth-order valence-electron chi connectivity index (χ4n) is 1.19. The molecule has 2 N–H and O–H groups in total. The zero-order chi connectivity index (χ0) is 8.55. The van der Waals surface area contributed by atoms with Crippen LogP contribution in [0.15, 0.2) is 30.3 Å². The number of carbonyl (C=O) groups is 1. The fraction of sp³-hybridized carbons (Fsp3) is 0.100. The van der Waals surface area contributed by atoms with Crippen molar-refractivity contribution in [2.24, 2.45) is 0 Å². The van der Waals surface area contributed by atoms with Crippen LogP contribution in [0.4, 0.5) is 0 Å². The summed E-state index contributed by atoms with van der Waals surface area (Å²) in [4.78, 5) is 13.3. The molecule has 1 aromatic carbocycles. The number of para-hydroxylation sites is 1. The maximum absolute atomic E-state index is 10.5. The van der Waals surface area contributed by atoms with Gasteiger partial charge < -0.3 is 10.1 Å². The number of aromatic amines is 1. The van der Waals surface area contributed by atoms with Crippen LogP contribution in [0, 0.1) is 0 Å². The zero-order valence-corrected chi connectivity index (χ0v) is 6.24. The topological polar surface area (TPSA) is 53.1 Å². The van der Waals surface area contributed by atoms with Gasteiger partial charge in [-0.25, -0.2) is 4.79 Å². The van der Waals surface area contributed by atoms with Crippen LogP contribution in [0.2, 0.25) is 0 Å². The minimum atomic E-state index is -0.925. The molecule has 1 aromatic heterocycles. The van der Waals surface area contributed by atoms with E-state index in [0.717, 1.165) is 10.9 Å². The van der Waals surface area contributed by atoms with Crippen LogP contribution in [0.5, 0.6) is 0 Å². The number of benzene rings is 1. The Bertz CT molecular complexity index is 398. The van der Waals surface area contributed by atoms with Gasteiger partial charge in [-0.2, -0.15) is 0 Å². The summed E-state index contributed by atoms with van der Waals surface area (Å²) in [6, 6.07) is 9.09. The summed E-state index contributed by atoms with van der Waals surface area (Å²) in [5, 5.41) is 9.58. The largest absolute Gasteiger partial charge is 0.477 e. The highest BCUT2D eigenvalue weighted by Crippen LogP contribution is 2.13. The lowest BCUT2D eigenvalue weighted by Crippen LogP contribution is -1.94. The lowest BCUT2D eigenvalue weighted by molar-refractivity contribution is 0.0691. The molecule has 1 heterocycles. The van der Waals surface area contributed by atoms with Gasteiger partial charge in [0.2, 0.25) is 0 Å². The molecule has 0 aliphatic heterocycles. The Kier molecular flexibility index (Phi) is 2.37. The highest BCUT2D eigenvalue weighted by molar-refractivity contribution is 5.93. The molecule has 0 fully saturated rings. The van der Waals surface area contributed by atoms with Gasteiger partial charge in [-0.15, -0.1) is 0 Å². The molecule has 3 heteroatoms. The van der Waals surface area contributed by atoms with E-state index in [0.29, 0.717) is 0 Å². The van der Waals surface area contributed by atoms with Gasteiger partial charge in [0.15, 0.2) is 0 Å². The minimum Gasteiger partial charge on any atom is -0.477 e. The molecule has 13 heavy (non-hydrogen) atoms. The first-order valence-corrected chi connectivity index (χ1v) is 3.58. The van der Waals surface area contributed by atoms with E-state index < -0.39 is 5.97 Å².